The van der Waals surface area contributed by atoms with E-state index >= 15 is 0 Å². The minimum absolute atomic E-state index is 0.0841. The SMILES string of the molecule is CC1=C(C)C(=NS(=O)(=O)c2ccc(C)cc2)C=C(SC#N)C1=O. The molecule has 0 aliphatic heterocycles. The molecule has 5 nitrogen and oxygen atoms in total. The van der Waals surface area contributed by atoms with Gasteiger partial charge >= 0.3 is 0 Å². The van der Waals surface area contributed by atoms with Crippen LogP contribution < -0.4 is 0 Å². The Morgan fingerprint density at radius 2 is 1.70 bits per heavy atom. The molecule has 0 heterocycles. The van der Waals surface area contributed by atoms with Crippen LogP contribution in [0.2, 0.25) is 0 Å². The Hall–Kier alpha value is -2.17. The van der Waals surface area contributed by atoms with Gasteiger partial charge in [-0.25, -0.2) is 0 Å². The van der Waals surface area contributed by atoms with Crippen molar-refractivity contribution in [3.05, 3.63) is 52.0 Å². The number of nitrogens with zero attached hydrogens (tertiary/aromatic N) is 2. The smallest absolute Gasteiger partial charge is 0.282 e. The van der Waals surface area contributed by atoms with Gasteiger partial charge in [-0.15, -0.1) is 0 Å². The summed E-state index contributed by atoms with van der Waals surface area (Å²) < 4.78 is 28.7. The Balaban J connectivity index is 2.54. The number of hydrogen-bond acceptors (Lipinski definition) is 5. The molecule has 1 aromatic carbocycles. The summed E-state index contributed by atoms with van der Waals surface area (Å²) in [5, 5.41) is 10.6. The van der Waals surface area contributed by atoms with E-state index in [0.29, 0.717) is 22.9 Å². The molecule has 1 aromatic rings. The fourth-order valence-corrected chi connectivity index (χ4v) is 3.51. The number of carbonyl (C=O) groups excluding carboxylic acids is 1. The van der Waals surface area contributed by atoms with Gasteiger partial charge in [0.15, 0.2) is 5.78 Å². The Kier molecular flexibility index (Phi) is 4.88. The normalized spacial score (nSPS) is 17.2. The van der Waals surface area contributed by atoms with Crippen LogP contribution in [-0.2, 0) is 14.8 Å². The van der Waals surface area contributed by atoms with Crippen LogP contribution in [0, 0.1) is 17.6 Å². The van der Waals surface area contributed by atoms with Crippen LogP contribution in [0.25, 0.3) is 0 Å². The van der Waals surface area contributed by atoms with Gasteiger partial charge in [0.25, 0.3) is 10.0 Å². The number of nitriles is 1. The molecule has 0 amide bonds. The van der Waals surface area contributed by atoms with Crippen molar-refractivity contribution in [3.8, 4) is 5.40 Å². The zero-order valence-electron chi connectivity index (χ0n) is 12.8. The van der Waals surface area contributed by atoms with E-state index in [1.54, 1.807) is 26.0 Å². The molecule has 118 valence electrons. The molecule has 2 rings (SSSR count). The van der Waals surface area contributed by atoms with E-state index in [-0.39, 0.29) is 21.3 Å². The molecule has 0 aromatic heterocycles. The summed E-state index contributed by atoms with van der Waals surface area (Å²) in [6.07, 6.45) is 1.35. The minimum atomic E-state index is -3.88. The van der Waals surface area contributed by atoms with E-state index in [4.69, 9.17) is 5.26 Å². The number of allylic oxidation sites excluding steroid dienone is 4. The highest BCUT2D eigenvalue weighted by atomic mass is 32.2. The number of thiocyanates is 1. The van der Waals surface area contributed by atoms with Crippen molar-refractivity contribution in [1.29, 1.82) is 5.26 Å². The lowest BCUT2D eigenvalue weighted by atomic mass is 9.97. The number of aryl methyl sites for hydroxylation is 1. The van der Waals surface area contributed by atoms with Crippen molar-refractivity contribution < 1.29 is 13.2 Å². The first kappa shape index (κ1) is 17.2. The molecule has 23 heavy (non-hydrogen) atoms. The van der Waals surface area contributed by atoms with Crippen LogP contribution >= 0.6 is 11.8 Å². The lowest BCUT2D eigenvalue weighted by Gasteiger charge is -2.14. The van der Waals surface area contributed by atoms with Gasteiger partial charge < -0.3 is 0 Å². The van der Waals surface area contributed by atoms with Crippen LogP contribution in [0.5, 0.6) is 0 Å². The number of Topliss-reactive ketones (excluding diaryl/α,β-unsaturated/α-hetero) is 1. The largest absolute Gasteiger partial charge is 0.288 e. The third kappa shape index (κ3) is 3.60. The standard InChI is InChI=1S/C16H14N2O3S2/c1-10-4-6-13(7-5-10)23(20,21)18-14-8-15(22-9-17)16(19)12(3)11(14)2/h4-8H,1-3H3. The predicted octanol–water partition coefficient (Wildman–Crippen LogP) is 3.14. The lowest BCUT2D eigenvalue weighted by Crippen LogP contribution is -2.16. The zero-order chi connectivity index (χ0) is 17.2. The molecule has 1 aliphatic rings. The van der Waals surface area contributed by atoms with Gasteiger partial charge in [-0.2, -0.15) is 18.1 Å². The third-order valence-electron chi connectivity index (χ3n) is 3.47. The predicted molar refractivity (Wildman–Crippen MR) is 90.5 cm³/mol. The second-order valence-electron chi connectivity index (χ2n) is 5.05. The maximum absolute atomic E-state index is 12.4. The monoisotopic (exact) mass is 346 g/mol. The molecule has 0 N–H and O–H groups in total. The molecule has 0 saturated heterocycles. The highest BCUT2D eigenvalue weighted by Gasteiger charge is 2.24. The maximum atomic E-state index is 12.4. The summed E-state index contributed by atoms with van der Waals surface area (Å²) in [4.78, 5) is 12.3. The van der Waals surface area contributed by atoms with Crippen molar-refractivity contribution in [1.82, 2.24) is 0 Å². The third-order valence-corrected chi connectivity index (χ3v) is 5.39. The Bertz CT molecular complexity index is 900. The molecule has 0 saturated carbocycles. The molecule has 0 atom stereocenters. The molecule has 0 fully saturated rings. The van der Waals surface area contributed by atoms with E-state index in [9.17, 15) is 13.2 Å². The number of sulfonamides is 1. The summed E-state index contributed by atoms with van der Waals surface area (Å²) in [5.74, 6) is -0.277. The zero-order valence-corrected chi connectivity index (χ0v) is 14.5. The molecule has 0 unspecified atom stereocenters. The van der Waals surface area contributed by atoms with Gasteiger partial charge in [-0.1, -0.05) is 17.7 Å². The van der Waals surface area contributed by atoms with Crippen LogP contribution in [-0.4, -0.2) is 19.9 Å². The molecule has 7 heteroatoms. The lowest BCUT2D eigenvalue weighted by molar-refractivity contribution is -0.111. The first-order valence-corrected chi connectivity index (χ1v) is 8.93. The molecule has 0 bridgehead atoms. The summed E-state index contributed by atoms with van der Waals surface area (Å²) in [6.45, 7) is 5.09. The van der Waals surface area contributed by atoms with Gasteiger partial charge in [0.1, 0.15) is 5.40 Å². The van der Waals surface area contributed by atoms with Crippen molar-refractivity contribution in [2.45, 2.75) is 25.7 Å². The first-order chi connectivity index (χ1) is 10.8. The number of carbonyl (C=O) groups is 1. The number of thioether (sulfide) groups is 1. The number of ketones is 1. The quantitative estimate of drug-likeness (QED) is 0.620. The summed E-state index contributed by atoms with van der Waals surface area (Å²) in [6, 6.07) is 6.36. The molecular formula is C16H14N2O3S2. The fraction of sp³-hybridized carbons (Fsp3) is 0.188. The molecule has 0 radical (unpaired) electrons. The summed E-state index contributed by atoms with van der Waals surface area (Å²) in [7, 11) is -3.88. The Morgan fingerprint density at radius 3 is 2.26 bits per heavy atom. The molecule has 0 spiro atoms. The Morgan fingerprint density at radius 1 is 1.09 bits per heavy atom. The van der Waals surface area contributed by atoms with E-state index in [1.165, 1.54) is 18.2 Å². The fourth-order valence-electron chi connectivity index (χ4n) is 1.96. The van der Waals surface area contributed by atoms with Gasteiger partial charge in [-0.05, 0) is 56.3 Å². The summed E-state index contributed by atoms with van der Waals surface area (Å²) >= 11 is 0.701. The average molecular weight is 346 g/mol. The molecule has 1 aliphatic carbocycles. The van der Waals surface area contributed by atoms with Crippen molar-refractivity contribution >= 4 is 33.3 Å². The number of benzene rings is 1. The van der Waals surface area contributed by atoms with E-state index in [2.05, 4.69) is 4.40 Å². The molecular weight excluding hydrogens is 332 g/mol. The van der Waals surface area contributed by atoms with Crippen molar-refractivity contribution in [3.63, 3.8) is 0 Å². The second kappa shape index (κ2) is 6.52. The first-order valence-electron chi connectivity index (χ1n) is 6.68. The van der Waals surface area contributed by atoms with Gasteiger partial charge in [-0.3, -0.25) is 4.79 Å². The van der Waals surface area contributed by atoms with E-state index in [0.717, 1.165) is 5.56 Å². The second-order valence-corrected chi connectivity index (χ2v) is 7.48. The van der Waals surface area contributed by atoms with Crippen LogP contribution in [0.1, 0.15) is 19.4 Å². The Labute approximate surface area is 139 Å². The summed E-state index contributed by atoms with van der Waals surface area (Å²) in [5.41, 5.74) is 2.01. The van der Waals surface area contributed by atoms with Crippen LogP contribution in [0.3, 0.4) is 0 Å². The minimum Gasteiger partial charge on any atom is -0.288 e. The van der Waals surface area contributed by atoms with Crippen molar-refractivity contribution in [2.75, 3.05) is 0 Å². The van der Waals surface area contributed by atoms with E-state index in [1.807, 2.05) is 12.3 Å². The van der Waals surface area contributed by atoms with Crippen molar-refractivity contribution in [2.24, 2.45) is 4.40 Å². The van der Waals surface area contributed by atoms with Crippen LogP contribution in [0.4, 0.5) is 0 Å². The van der Waals surface area contributed by atoms with Gasteiger partial charge in [0, 0.05) is 5.57 Å². The highest BCUT2D eigenvalue weighted by molar-refractivity contribution is 8.08. The van der Waals surface area contributed by atoms with Gasteiger partial charge in [0.05, 0.1) is 15.5 Å². The number of rotatable bonds is 3. The van der Waals surface area contributed by atoms with Crippen LogP contribution in [0.15, 0.2) is 55.7 Å². The van der Waals surface area contributed by atoms with Gasteiger partial charge in [0.2, 0.25) is 0 Å². The highest BCUT2D eigenvalue weighted by Crippen LogP contribution is 2.27. The van der Waals surface area contributed by atoms with E-state index < -0.39 is 10.0 Å². The average Bonchev–Trinajstić information content (AvgIpc) is 2.50. The number of hydrogen-bond donors (Lipinski definition) is 0. The topological polar surface area (TPSA) is 87.4 Å². The maximum Gasteiger partial charge on any atom is 0.282 e.